The van der Waals surface area contributed by atoms with Crippen molar-refractivity contribution < 1.29 is 14.7 Å². The molecule has 1 fully saturated rings. The summed E-state index contributed by atoms with van der Waals surface area (Å²) >= 11 is 0. The Morgan fingerprint density at radius 1 is 1.11 bits per heavy atom. The van der Waals surface area contributed by atoms with Gasteiger partial charge in [-0.2, -0.15) is 4.98 Å². The Morgan fingerprint density at radius 3 is 2.57 bits per heavy atom. The third kappa shape index (κ3) is 2.98. The number of rotatable bonds is 3. The van der Waals surface area contributed by atoms with Crippen LogP contribution in [-0.4, -0.2) is 69.0 Å². The molecule has 1 saturated heterocycles. The van der Waals surface area contributed by atoms with Crippen LogP contribution in [0.3, 0.4) is 0 Å². The minimum absolute atomic E-state index is 0.149. The zero-order chi connectivity index (χ0) is 19.7. The summed E-state index contributed by atoms with van der Waals surface area (Å²) in [4.78, 5) is 40.5. The summed E-state index contributed by atoms with van der Waals surface area (Å²) in [6.07, 6.45) is 3.07. The lowest BCUT2D eigenvalue weighted by Crippen LogP contribution is -2.49. The fourth-order valence-electron chi connectivity index (χ4n) is 3.28. The second-order valence-electron chi connectivity index (χ2n) is 6.24. The number of piperazine rings is 1. The predicted molar refractivity (Wildman–Crippen MR) is 99.9 cm³/mol. The fourth-order valence-corrected chi connectivity index (χ4v) is 3.28. The third-order valence-electron chi connectivity index (χ3n) is 4.67. The maximum absolute atomic E-state index is 12.8. The van der Waals surface area contributed by atoms with Gasteiger partial charge >= 0.3 is 5.69 Å². The summed E-state index contributed by atoms with van der Waals surface area (Å²) in [5.41, 5.74) is -0.231. The average molecular weight is 382 g/mol. The number of aromatic nitrogens is 4. The lowest BCUT2D eigenvalue weighted by molar-refractivity contribution is 0.0742. The lowest BCUT2D eigenvalue weighted by Gasteiger charge is -2.35. The van der Waals surface area contributed by atoms with Crippen LogP contribution in [0.1, 0.15) is 10.4 Å². The summed E-state index contributed by atoms with van der Waals surface area (Å²) in [6, 6.07) is 6.84. The minimum Gasteiger partial charge on any atom is -0.480 e. The molecule has 0 aromatic carbocycles. The van der Waals surface area contributed by atoms with Gasteiger partial charge < -0.3 is 19.7 Å². The number of hydrogen-bond acceptors (Lipinski definition) is 8. The lowest BCUT2D eigenvalue weighted by atomic mass is 10.2. The van der Waals surface area contributed by atoms with Crippen LogP contribution in [0.15, 0.2) is 41.5 Å². The van der Waals surface area contributed by atoms with E-state index in [0.717, 1.165) is 0 Å². The smallest absolute Gasteiger partial charge is 0.384 e. The van der Waals surface area contributed by atoms with E-state index in [2.05, 4.69) is 15.0 Å². The van der Waals surface area contributed by atoms with Crippen LogP contribution in [0.5, 0.6) is 5.88 Å². The van der Waals surface area contributed by atoms with E-state index in [0.29, 0.717) is 53.6 Å². The van der Waals surface area contributed by atoms with Gasteiger partial charge in [0.1, 0.15) is 11.4 Å². The van der Waals surface area contributed by atoms with Gasteiger partial charge in [0.15, 0.2) is 5.65 Å². The molecule has 0 atom stereocenters. The van der Waals surface area contributed by atoms with Crippen molar-refractivity contribution in [1.29, 1.82) is 0 Å². The molecule has 1 aliphatic rings. The predicted octanol–water partition coefficient (Wildman–Crippen LogP) is 0.395. The van der Waals surface area contributed by atoms with Gasteiger partial charge in [0.05, 0.1) is 12.5 Å². The molecule has 0 spiro atoms. The molecule has 4 rings (SSSR count). The molecule has 0 unspecified atom stereocenters. The highest BCUT2D eigenvalue weighted by molar-refractivity contribution is 5.96. The monoisotopic (exact) mass is 382 g/mol. The number of ether oxygens (including phenoxy) is 1. The van der Waals surface area contributed by atoms with Gasteiger partial charge in [-0.1, -0.05) is 0 Å². The number of carbonyl (C=O) groups is 1. The molecule has 0 saturated carbocycles. The summed E-state index contributed by atoms with van der Waals surface area (Å²) in [5, 5.41) is 10.4. The van der Waals surface area contributed by atoms with Crippen LogP contribution in [0, 0.1) is 0 Å². The van der Waals surface area contributed by atoms with Crippen molar-refractivity contribution in [2.45, 2.75) is 0 Å². The van der Waals surface area contributed by atoms with E-state index in [1.54, 1.807) is 35.4 Å². The number of methoxy groups -OCH3 is 1. The first-order valence-electron chi connectivity index (χ1n) is 8.70. The van der Waals surface area contributed by atoms with Gasteiger partial charge in [-0.25, -0.2) is 14.8 Å². The molecule has 28 heavy (non-hydrogen) atoms. The first kappa shape index (κ1) is 17.7. The highest BCUT2D eigenvalue weighted by Crippen LogP contribution is 2.23. The number of nitrogens with zero attached hydrogens (tertiary/aromatic N) is 6. The first-order chi connectivity index (χ1) is 13.6. The Bertz CT molecular complexity index is 1090. The number of anilines is 1. The third-order valence-corrected chi connectivity index (χ3v) is 4.67. The molecule has 0 radical (unpaired) electrons. The van der Waals surface area contributed by atoms with E-state index in [4.69, 9.17) is 4.74 Å². The quantitative estimate of drug-likeness (QED) is 0.648. The largest absolute Gasteiger partial charge is 0.480 e. The highest BCUT2D eigenvalue weighted by atomic mass is 16.5. The van der Waals surface area contributed by atoms with Gasteiger partial charge in [-0.3, -0.25) is 4.79 Å². The number of pyridine rings is 2. The van der Waals surface area contributed by atoms with Crippen LogP contribution in [-0.2, 0) is 0 Å². The summed E-state index contributed by atoms with van der Waals surface area (Å²) < 4.78 is 5.61. The minimum atomic E-state index is -0.792. The van der Waals surface area contributed by atoms with E-state index in [1.165, 1.54) is 13.3 Å². The van der Waals surface area contributed by atoms with E-state index in [9.17, 15) is 14.8 Å². The second kappa shape index (κ2) is 7.14. The molecule has 0 aliphatic carbocycles. The Kier molecular flexibility index (Phi) is 4.52. The number of fused-ring (bicyclic) bond motifs is 1. The standard InChI is InChI=1S/C18H18N6O4/c1-28-16-13(5-3-7-20-16)17(25)23-10-8-22(9-11-23)15-12-4-2-6-19-14(12)24(27)18(26)21-15/h2-7,27H,8-11H2,1H3. The van der Waals surface area contributed by atoms with E-state index in [-0.39, 0.29) is 11.6 Å². The molecule has 144 valence electrons. The Balaban J connectivity index is 1.57. The van der Waals surface area contributed by atoms with Crippen molar-refractivity contribution in [3.63, 3.8) is 0 Å². The van der Waals surface area contributed by atoms with Crippen LogP contribution >= 0.6 is 0 Å². The summed E-state index contributed by atoms with van der Waals surface area (Å²) in [6.45, 7) is 1.87. The van der Waals surface area contributed by atoms with Crippen LogP contribution in [0.25, 0.3) is 11.0 Å². The Morgan fingerprint density at radius 2 is 1.82 bits per heavy atom. The van der Waals surface area contributed by atoms with Crippen LogP contribution in [0.2, 0.25) is 0 Å². The molecule has 4 heterocycles. The van der Waals surface area contributed by atoms with Crippen LogP contribution < -0.4 is 15.3 Å². The van der Waals surface area contributed by atoms with Crippen molar-refractivity contribution in [2.24, 2.45) is 0 Å². The van der Waals surface area contributed by atoms with Gasteiger partial charge in [-0.15, -0.1) is 4.73 Å². The summed E-state index contributed by atoms with van der Waals surface area (Å²) in [5.74, 6) is 0.583. The van der Waals surface area contributed by atoms with E-state index >= 15 is 0 Å². The molecular weight excluding hydrogens is 364 g/mol. The molecule has 3 aromatic rings. The number of amides is 1. The topological polar surface area (TPSA) is 114 Å². The first-order valence-corrected chi connectivity index (χ1v) is 8.70. The maximum Gasteiger partial charge on any atom is 0.384 e. The van der Waals surface area contributed by atoms with Gasteiger partial charge in [0, 0.05) is 38.6 Å². The van der Waals surface area contributed by atoms with Crippen molar-refractivity contribution in [1.82, 2.24) is 24.6 Å². The number of carbonyl (C=O) groups excluding carboxylic acids is 1. The van der Waals surface area contributed by atoms with E-state index in [1.807, 2.05) is 4.90 Å². The average Bonchev–Trinajstić information content (AvgIpc) is 2.76. The molecule has 1 N–H and O–H groups in total. The van der Waals surface area contributed by atoms with Gasteiger partial charge in [-0.05, 0) is 24.3 Å². The van der Waals surface area contributed by atoms with Gasteiger partial charge in [0.2, 0.25) is 5.88 Å². The molecular formula is C18H18N6O4. The normalized spacial score (nSPS) is 14.3. The molecule has 10 heteroatoms. The molecule has 3 aromatic heterocycles. The molecule has 1 aliphatic heterocycles. The zero-order valence-electron chi connectivity index (χ0n) is 15.1. The van der Waals surface area contributed by atoms with Gasteiger partial charge in [0.25, 0.3) is 5.91 Å². The fraction of sp³-hybridized carbons (Fsp3) is 0.278. The second-order valence-corrected chi connectivity index (χ2v) is 6.24. The van der Waals surface area contributed by atoms with Crippen molar-refractivity contribution >= 4 is 22.8 Å². The molecule has 1 amide bonds. The molecule has 0 bridgehead atoms. The van der Waals surface area contributed by atoms with Crippen molar-refractivity contribution in [3.05, 3.63) is 52.7 Å². The Hall–Kier alpha value is -3.69. The van der Waals surface area contributed by atoms with E-state index < -0.39 is 5.69 Å². The zero-order valence-corrected chi connectivity index (χ0v) is 15.1. The van der Waals surface area contributed by atoms with Crippen molar-refractivity contribution in [2.75, 3.05) is 38.2 Å². The molecule has 10 nitrogen and oxygen atoms in total. The Labute approximate surface area is 159 Å². The van der Waals surface area contributed by atoms with Crippen LogP contribution in [0.4, 0.5) is 5.82 Å². The maximum atomic E-state index is 12.8. The highest BCUT2D eigenvalue weighted by Gasteiger charge is 2.26. The SMILES string of the molecule is COc1ncccc1C(=O)N1CCN(c2nc(=O)n(O)c3ncccc23)CC1. The number of hydrogen-bond donors (Lipinski definition) is 1. The van der Waals surface area contributed by atoms with Crippen molar-refractivity contribution in [3.8, 4) is 5.88 Å². The summed E-state index contributed by atoms with van der Waals surface area (Å²) in [7, 11) is 1.48.